The highest BCUT2D eigenvalue weighted by atomic mass is 19.1. The number of rotatable bonds is 8. The van der Waals surface area contributed by atoms with Crippen molar-refractivity contribution in [2.24, 2.45) is 16.5 Å². The molecular formula is C19H20FN5O4. The van der Waals surface area contributed by atoms with E-state index in [1.54, 1.807) is 12.1 Å². The summed E-state index contributed by atoms with van der Waals surface area (Å²) >= 11 is 0. The number of aliphatic carboxylic acids is 1. The fourth-order valence-electron chi connectivity index (χ4n) is 2.45. The molecule has 0 aliphatic carbocycles. The van der Waals surface area contributed by atoms with Crippen molar-refractivity contribution in [3.05, 3.63) is 59.4 Å². The average molecular weight is 401 g/mol. The number of carbonyl (C=O) groups excluding carboxylic acids is 2. The van der Waals surface area contributed by atoms with Crippen molar-refractivity contribution in [3.8, 4) is 0 Å². The molecule has 0 unspecified atom stereocenters. The number of nitrogens with two attached hydrogens (primary N) is 2. The first-order chi connectivity index (χ1) is 13.7. The van der Waals surface area contributed by atoms with Crippen LogP contribution in [0.25, 0.3) is 0 Å². The Hall–Kier alpha value is -3.95. The second kappa shape index (κ2) is 9.83. The minimum Gasteiger partial charge on any atom is -0.481 e. The zero-order valence-electron chi connectivity index (χ0n) is 15.3. The zero-order chi connectivity index (χ0) is 21.4. The molecule has 0 aromatic heterocycles. The molecule has 10 heteroatoms. The number of halogens is 1. The van der Waals surface area contributed by atoms with Crippen LogP contribution in [0.3, 0.4) is 0 Å². The first-order valence-corrected chi connectivity index (χ1v) is 8.52. The molecule has 0 saturated carbocycles. The Morgan fingerprint density at radius 1 is 1.10 bits per heavy atom. The molecule has 2 rings (SSSR count). The van der Waals surface area contributed by atoms with E-state index in [1.807, 2.05) is 0 Å². The lowest BCUT2D eigenvalue weighted by atomic mass is 10.1. The summed E-state index contributed by atoms with van der Waals surface area (Å²) in [7, 11) is 0. The van der Waals surface area contributed by atoms with E-state index in [9.17, 15) is 18.8 Å². The van der Waals surface area contributed by atoms with E-state index in [4.69, 9.17) is 16.6 Å². The molecule has 2 amide bonds. The number of benzene rings is 2. The highest BCUT2D eigenvalue weighted by Crippen LogP contribution is 2.19. The van der Waals surface area contributed by atoms with Crippen molar-refractivity contribution in [1.29, 1.82) is 0 Å². The van der Waals surface area contributed by atoms with Gasteiger partial charge in [-0.2, -0.15) is 0 Å². The number of carboxylic acids is 1. The SMILES string of the molecule is NC(N)=Nc1cccc(C(=O)NCC(=O)Nc2cc(F)ccc2CCC(=O)O)c1. The van der Waals surface area contributed by atoms with E-state index >= 15 is 0 Å². The maximum Gasteiger partial charge on any atom is 0.303 e. The van der Waals surface area contributed by atoms with Crippen LogP contribution in [0.15, 0.2) is 47.5 Å². The van der Waals surface area contributed by atoms with Crippen LogP contribution < -0.4 is 22.1 Å². The number of hydrogen-bond acceptors (Lipinski definition) is 4. The molecule has 2 aromatic carbocycles. The van der Waals surface area contributed by atoms with E-state index in [1.165, 1.54) is 24.3 Å². The molecule has 0 heterocycles. The van der Waals surface area contributed by atoms with Crippen LogP contribution in [0.4, 0.5) is 15.8 Å². The fourth-order valence-corrected chi connectivity index (χ4v) is 2.45. The second-order valence-electron chi connectivity index (χ2n) is 6.01. The van der Waals surface area contributed by atoms with Gasteiger partial charge in [0.2, 0.25) is 5.91 Å². The number of anilines is 1. The lowest BCUT2D eigenvalue weighted by Gasteiger charge is -2.11. The summed E-state index contributed by atoms with van der Waals surface area (Å²) in [5.74, 6) is -2.88. The molecule has 0 fully saturated rings. The zero-order valence-corrected chi connectivity index (χ0v) is 15.3. The largest absolute Gasteiger partial charge is 0.481 e. The Labute approximate surface area is 165 Å². The van der Waals surface area contributed by atoms with Gasteiger partial charge in [0, 0.05) is 17.7 Å². The van der Waals surface area contributed by atoms with Gasteiger partial charge in [-0.25, -0.2) is 9.38 Å². The Bertz CT molecular complexity index is 957. The Morgan fingerprint density at radius 3 is 2.55 bits per heavy atom. The molecule has 0 aliphatic rings. The minimum atomic E-state index is -1.01. The molecule has 29 heavy (non-hydrogen) atoms. The van der Waals surface area contributed by atoms with E-state index in [2.05, 4.69) is 15.6 Å². The molecule has 0 aliphatic heterocycles. The quantitative estimate of drug-likeness (QED) is 0.329. The molecule has 0 saturated heterocycles. The Balaban J connectivity index is 2.00. The highest BCUT2D eigenvalue weighted by molar-refractivity contribution is 6.00. The summed E-state index contributed by atoms with van der Waals surface area (Å²) in [6.07, 6.45) is -0.0491. The number of hydrogen-bond donors (Lipinski definition) is 5. The third-order valence-corrected chi connectivity index (χ3v) is 3.73. The van der Waals surface area contributed by atoms with Gasteiger partial charge in [0.05, 0.1) is 12.2 Å². The molecule has 2 aromatic rings. The van der Waals surface area contributed by atoms with Gasteiger partial charge < -0.3 is 27.2 Å². The van der Waals surface area contributed by atoms with Crippen LogP contribution in [0, 0.1) is 5.82 Å². The average Bonchev–Trinajstić information content (AvgIpc) is 2.65. The van der Waals surface area contributed by atoms with Crippen LogP contribution in [-0.4, -0.2) is 35.4 Å². The number of amides is 2. The molecular weight excluding hydrogens is 381 g/mol. The number of aliphatic imine (C=N–C) groups is 1. The van der Waals surface area contributed by atoms with E-state index < -0.39 is 23.6 Å². The van der Waals surface area contributed by atoms with Gasteiger partial charge in [-0.3, -0.25) is 14.4 Å². The lowest BCUT2D eigenvalue weighted by Crippen LogP contribution is -2.33. The molecule has 0 atom stereocenters. The number of carbonyl (C=O) groups is 3. The van der Waals surface area contributed by atoms with Crippen molar-refractivity contribution >= 4 is 35.1 Å². The summed E-state index contributed by atoms with van der Waals surface area (Å²) in [4.78, 5) is 38.9. The Morgan fingerprint density at radius 2 is 1.86 bits per heavy atom. The van der Waals surface area contributed by atoms with Gasteiger partial charge in [0.1, 0.15) is 5.82 Å². The van der Waals surface area contributed by atoms with Gasteiger partial charge in [0.25, 0.3) is 5.91 Å². The van der Waals surface area contributed by atoms with Crippen molar-refractivity contribution in [1.82, 2.24) is 5.32 Å². The molecule has 9 nitrogen and oxygen atoms in total. The van der Waals surface area contributed by atoms with Gasteiger partial charge in [-0.1, -0.05) is 12.1 Å². The molecule has 152 valence electrons. The standard InChI is InChI=1S/C19H20FN5O4/c20-13-6-4-11(5-7-17(27)28)15(9-13)25-16(26)10-23-18(29)12-2-1-3-14(8-12)24-19(21)22/h1-4,6,8-9H,5,7,10H2,(H,23,29)(H,25,26)(H,27,28)(H4,21,22,24). The Kier molecular flexibility index (Phi) is 7.24. The normalized spacial score (nSPS) is 10.1. The molecule has 0 spiro atoms. The van der Waals surface area contributed by atoms with Gasteiger partial charge in [0.15, 0.2) is 5.96 Å². The number of nitrogens with one attached hydrogen (secondary N) is 2. The molecule has 0 bridgehead atoms. The minimum absolute atomic E-state index is 0.120. The number of aryl methyl sites for hydroxylation is 1. The summed E-state index contributed by atoms with van der Waals surface area (Å²) in [6, 6.07) is 9.83. The maximum atomic E-state index is 13.5. The van der Waals surface area contributed by atoms with Crippen molar-refractivity contribution in [2.75, 3.05) is 11.9 Å². The fraction of sp³-hybridized carbons (Fsp3) is 0.158. The summed E-state index contributed by atoms with van der Waals surface area (Å²) < 4.78 is 13.5. The first kappa shape index (κ1) is 21.4. The summed E-state index contributed by atoms with van der Waals surface area (Å²) in [5.41, 5.74) is 11.8. The van der Waals surface area contributed by atoms with Gasteiger partial charge in [-0.15, -0.1) is 0 Å². The predicted octanol–water partition coefficient (Wildman–Crippen LogP) is 1.12. The number of carboxylic acid groups (broad SMARTS) is 1. The molecule has 7 N–H and O–H groups in total. The van der Waals surface area contributed by atoms with Gasteiger partial charge in [-0.05, 0) is 42.3 Å². The monoisotopic (exact) mass is 401 g/mol. The highest BCUT2D eigenvalue weighted by Gasteiger charge is 2.12. The van der Waals surface area contributed by atoms with Gasteiger partial charge >= 0.3 is 5.97 Å². The summed E-state index contributed by atoms with van der Waals surface area (Å²) in [5, 5.41) is 13.7. The van der Waals surface area contributed by atoms with E-state index in [0.29, 0.717) is 11.3 Å². The smallest absolute Gasteiger partial charge is 0.303 e. The van der Waals surface area contributed by atoms with Crippen molar-refractivity contribution < 1.29 is 23.9 Å². The lowest BCUT2D eigenvalue weighted by molar-refractivity contribution is -0.136. The van der Waals surface area contributed by atoms with Crippen LogP contribution in [0.5, 0.6) is 0 Å². The maximum absolute atomic E-state index is 13.5. The summed E-state index contributed by atoms with van der Waals surface area (Å²) in [6.45, 7) is -0.375. The molecule has 0 radical (unpaired) electrons. The topological polar surface area (TPSA) is 160 Å². The van der Waals surface area contributed by atoms with Crippen molar-refractivity contribution in [3.63, 3.8) is 0 Å². The third-order valence-electron chi connectivity index (χ3n) is 3.73. The van der Waals surface area contributed by atoms with Crippen LogP contribution in [0.2, 0.25) is 0 Å². The number of nitrogens with zero attached hydrogens (tertiary/aromatic N) is 1. The van der Waals surface area contributed by atoms with E-state index in [-0.39, 0.29) is 36.6 Å². The second-order valence-corrected chi connectivity index (χ2v) is 6.01. The predicted molar refractivity (Wildman–Crippen MR) is 105 cm³/mol. The third kappa shape index (κ3) is 6.94. The van der Waals surface area contributed by atoms with Crippen LogP contribution in [-0.2, 0) is 16.0 Å². The van der Waals surface area contributed by atoms with Crippen LogP contribution in [0.1, 0.15) is 22.3 Å². The van der Waals surface area contributed by atoms with Crippen molar-refractivity contribution in [2.45, 2.75) is 12.8 Å². The van der Waals surface area contributed by atoms with E-state index in [0.717, 1.165) is 6.07 Å². The number of guanidine groups is 1. The first-order valence-electron chi connectivity index (χ1n) is 8.52. The van der Waals surface area contributed by atoms with Crippen LogP contribution >= 0.6 is 0 Å².